The van der Waals surface area contributed by atoms with Crippen LogP contribution in [0.2, 0.25) is 0 Å². The Balaban J connectivity index is 1.53. The van der Waals surface area contributed by atoms with Gasteiger partial charge in [0.2, 0.25) is 5.89 Å². The van der Waals surface area contributed by atoms with Crippen molar-refractivity contribution >= 4 is 22.7 Å². The summed E-state index contributed by atoms with van der Waals surface area (Å²) in [6.07, 6.45) is 1.09. The van der Waals surface area contributed by atoms with Gasteiger partial charge in [-0.05, 0) is 91.4 Å². The summed E-state index contributed by atoms with van der Waals surface area (Å²) in [6.45, 7) is 8.44. The van der Waals surface area contributed by atoms with Gasteiger partial charge in [0, 0.05) is 16.8 Å². The third-order valence-electron chi connectivity index (χ3n) is 5.75. The van der Waals surface area contributed by atoms with Gasteiger partial charge in [-0.3, -0.25) is 4.79 Å². The molecule has 1 unspecified atom stereocenters. The maximum Gasteiger partial charge on any atom is 0.255 e. The number of rotatable bonds is 5. The van der Waals surface area contributed by atoms with Gasteiger partial charge in [0.15, 0.2) is 5.58 Å². The molecule has 0 fully saturated rings. The fraction of sp³-hybridized carbons (Fsp3) is 0.231. The van der Waals surface area contributed by atoms with E-state index in [2.05, 4.69) is 36.3 Å². The van der Waals surface area contributed by atoms with Crippen LogP contribution in [0.25, 0.3) is 22.6 Å². The van der Waals surface area contributed by atoms with Crippen molar-refractivity contribution in [3.05, 3.63) is 82.9 Å². The van der Waals surface area contributed by atoms with Gasteiger partial charge in [0.1, 0.15) is 5.52 Å². The average molecular weight is 399 g/mol. The smallest absolute Gasteiger partial charge is 0.255 e. The molecule has 0 spiro atoms. The van der Waals surface area contributed by atoms with E-state index < -0.39 is 0 Å². The highest BCUT2D eigenvalue weighted by Gasteiger charge is 2.12. The van der Waals surface area contributed by atoms with Crippen LogP contribution >= 0.6 is 0 Å². The molecule has 0 radical (unpaired) electrons. The minimum Gasteiger partial charge on any atom is -0.436 e. The standard InChI is InChI=1S/C26H26N2O2/c1-5-16(2)20-10-13-24-23(15-20)28-26(30-24)19-8-11-22(12-9-19)27-25(29)21-7-6-17(3)18(4)14-21/h6-16H,5H2,1-4H3,(H,27,29). The van der Waals surface area contributed by atoms with Crippen LogP contribution in [0.4, 0.5) is 5.69 Å². The highest BCUT2D eigenvalue weighted by molar-refractivity contribution is 6.04. The van der Waals surface area contributed by atoms with Crippen LogP contribution in [-0.4, -0.2) is 10.9 Å². The van der Waals surface area contributed by atoms with Gasteiger partial charge in [-0.1, -0.05) is 26.0 Å². The molecule has 1 N–H and O–H groups in total. The second kappa shape index (κ2) is 8.15. The maximum absolute atomic E-state index is 12.5. The van der Waals surface area contributed by atoms with Crippen LogP contribution in [-0.2, 0) is 0 Å². The Labute approximate surface area is 177 Å². The number of carbonyl (C=O) groups excluding carboxylic acids is 1. The van der Waals surface area contributed by atoms with Crippen LogP contribution < -0.4 is 5.32 Å². The number of carbonyl (C=O) groups is 1. The van der Waals surface area contributed by atoms with E-state index in [0.717, 1.165) is 34.3 Å². The van der Waals surface area contributed by atoms with Gasteiger partial charge in [-0.25, -0.2) is 4.98 Å². The summed E-state index contributed by atoms with van der Waals surface area (Å²) in [5.74, 6) is 0.957. The number of benzene rings is 3. The zero-order valence-corrected chi connectivity index (χ0v) is 17.8. The fourth-order valence-corrected chi connectivity index (χ4v) is 3.39. The van der Waals surface area contributed by atoms with E-state index in [1.54, 1.807) is 0 Å². The van der Waals surface area contributed by atoms with E-state index >= 15 is 0 Å². The molecular formula is C26H26N2O2. The molecule has 0 aliphatic rings. The van der Waals surface area contributed by atoms with Crippen LogP contribution in [0.15, 0.2) is 65.1 Å². The summed E-state index contributed by atoms with van der Waals surface area (Å²) in [5, 5.41) is 2.95. The summed E-state index contributed by atoms with van der Waals surface area (Å²) < 4.78 is 5.94. The van der Waals surface area contributed by atoms with Gasteiger partial charge >= 0.3 is 0 Å². The van der Waals surface area contributed by atoms with Crippen molar-refractivity contribution in [2.75, 3.05) is 5.32 Å². The van der Waals surface area contributed by atoms with Crippen molar-refractivity contribution < 1.29 is 9.21 Å². The predicted molar refractivity (Wildman–Crippen MR) is 122 cm³/mol. The Morgan fingerprint density at radius 2 is 1.77 bits per heavy atom. The number of amides is 1. The molecule has 4 rings (SSSR count). The lowest BCUT2D eigenvalue weighted by atomic mass is 9.98. The van der Waals surface area contributed by atoms with E-state index in [1.165, 1.54) is 11.1 Å². The van der Waals surface area contributed by atoms with Crippen LogP contribution in [0.1, 0.15) is 53.2 Å². The molecule has 1 aromatic heterocycles. The van der Waals surface area contributed by atoms with Gasteiger partial charge < -0.3 is 9.73 Å². The monoisotopic (exact) mass is 398 g/mol. The normalized spacial score (nSPS) is 12.1. The van der Waals surface area contributed by atoms with Gasteiger partial charge in [0.05, 0.1) is 0 Å². The largest absolute Gasteiger partial charge is 0.436 e. The average Bonchev–Trinajstić information content (AvgIpc) is 3.19. The number of nitrogens with one attached hydrogen (secondary N) is 1. The Bertz CT molecular complexity index is 1210. The molecule has 1 amide bonds. The molecule has 1 heterocycles. The highest BCUT2D eigenvalue weighted by Crippen LogP contribution is 2.28. The SMILES string of the molecule is CCC(C)c1ccc2oc(-c3ccc(NC(=O)c4ccc(C)c(C)c4)cc3)nc2c1. The first-order chi connectivity index (χ1) is 14.4. The Morgan fingerprint density at radius 3 is 2.47 bits per heavy atom. The minimum atomic E-state index is -0.120. The first kappa shape index (κ1) is 19.9. The maximum atomic E-state index is 12.5. The van der Waals surface area contributed by atoms with Crippen molar-refractivity contribution in [2.45, 2.75) is 40.0 Å². The van der Waals surface area contributed by atoms with Gasteiger partial charge in [-0.15, -0.1) is 0 Å². The van der Waals surface area contributed by atoms with Crippen molar-refractivity contribution in [1.29, 1.82) is 0 Å². The van der Waals surface area contributed by atoms with E-state index in [1.807, 2.05) is 62.4 Å². The number of oxazole rings is 1. The molecule has 0 saturated carbocycles. The Hall–Kier alpha value is -3.40. The topological polar surface area (TPSA) is 55.1 Å². The van der Waals surface area contributed by atoms with Gasteiger partial charge in [-0.2, -0.15) is 0 Å². The minimum absolute atomic E-state index is 0.120. The zero-order valence-electron chi connectivity index (χ0n) is 17.8. The lowest BCUT2D eigenvalue weighted by Gasteiger charge is -2.07. The van der Waals surface area contributed by atoms with E-state index in [-0.39, 0.29) is 5.91 Å². The van der Waals surface area contributed by atoms with E-state index in [4.69, 9.17) is 4.42 Å². The molecule has 152 valence electrons. The number of aryl methyl sites for hydroxylation is 2. The van der Waals surface area contributed by atoms with Crippen molar-refractivity contribution in [1.82, 2.24) is 4.98 Å². The lowest BCUT2D eigenvalue weighted by Crippen LogP contribution is -2.12. The third kappa shape index (κ3) is 3.99. The summed E-state index contributed by atoms with van der Waals surface area (Å²) in [7, 11) is 0. The first-order valence-electron chi connectivity index (χ1n) is 10.3. The Kier molecular flexibility index (Phi) is 5.40. The van der Waals surface area contributed by atoms with Gasteiger partial charge in [0.25, 0.3) is 5.91 Å². The number of nitrogens with zero attached hydrogens (tertiary/aromatic N) is 1. The third-order valence-corrected chi connectivity index (χ3v) is 5.75. The fourth-order valence-electron chi connectivity index (χ4n) is 3.39. The molecular weight excluding hydrogens is 372 g/mol. The van der Waals surface area contributed by atoms with E-state index in [9.17, 15) is 4.79 Å². The highest BCUT2D eigenvalue weighted by atomic mass is 16.3. The number of fused-ring (bicyclic) bond motifs is 1. The molecule has 4 heteroatoms. The lowest BCUT2D eigenvalue weighted by molar-refractivity contribution is 0.102. The predicted octanol–water partition coefficient (Wildman–Crippen LogP) is 6.88. The molecule has 1 atom stereocenters. The van der Waals surface area contributed by atoms with Crippen LogP contribution in [0.3, 0.4) is 0 Å². The first-order valence-corrected chi connectivity index (χ1v) is 10.3. The molecule has 4 nitrogen and oxygen atoms in total. The molecule has 4 aromatic rings. The van der Waals surface area contributed by atoms with Crippen molar-refractivity contribution in [2.24, 2.45) is 0 Å². The summed E-state index contributed by atoms with van der Waals surface area (Å²) >= 11 is 0. The number of hydrogen-bond donors (Lipinski definition) is 1. The summed E-state index contributed by atoms with van der Waals surface area (Å²) in [5.41, 5.74) is 7.46. The van der Waals surface area contributed by atoms with Crippen molar-refractivity contribution in [3.8, 4) is 11.5 Å². The van der Waals surface area contributed by atoms with Crippen LogP contribution in [0.5, 0.6) is 0 Å². The zero-order chi connectivity index (χ0) is 21.3. The number of anilines is 1. The molecule has 0 bridgehead atoms. The molecule has 0 saturated heterocycles. The molecule has 0 aliphatic carbocycles. The quantitative estimate of drug-likeness (QED) is 0.399. The molecule has 0 aliphatic heterocycles. The summed E-state index contributed by atoms with van der Waals surface area (Å²) in [4.78, 5) is 17.2. The number of hydrogen-bond acceptors (Lipinski definition) is 3. The second-order valence-corrected chi connectivity index (χ2v) is 7.89. The Morgan fingerprint density at radius 1 is 1.00 bits per heavy atom. The summed E-state index contributed by atoms with van der Waals surface area (Å²) in [6, 6.07) is 19.5. The van der Waals surface area contributed by atoms with Crippen molar-refractivity contribution in [3.63, 3.8) is 0 Å². The van der Waals surface area contributed by atoms with Crippen LogP contribution in [0, 0.1) is 13.8 Å². The second-order valence-electron chi connectivity index (χ2n) is 7.89. The number of aromatic nitrogens is 1. The molecule has 3 aromatic carbocycles. The molecule has 30 heavy (non-hydrogen) atoms. The van der Waals surface area contributed by atoms with E-state index in [0.29, 0.717) is 17.4 Å².